The van der Waals surface area contributed by atoms with Gasteiger partial charge >= 0.3 is 0 Å². The van der Waals surface area contributed by atoms with Gasteiger partial charge < -0.3 is 9.47 Å². The number of hydrogen-bond donors (Lipinski definition) is 0. The summed E-state index contributed by atoms with van der Waals surface area (Å²) >= 11 is 3.67. The average molecular weight is 881 g/mol. The Kier molecular flexibility index (Phi) is 10.4. The lowest BCUT2D eigenvalue weighted by atomic mass is 10.0. The molecule has 2 nitrogen and oxygen atoms in total. The maximum Gasteiger partial charge on any atom is 0.0541 e. The first-order valence-electron chi connectivity index (χ1n) is 22.6. The number of thiophene rings is 2. The molecule has 314 valence electrons. The summed E-state index contributed by atoms with van der Waals surface area (Å²) in [5, 5.41) is 3.91. The van der Waals surface area contributed by atoms with Crippen molar-refractivity contribution in [3.8, 4) is 69.7 Å². The van der Waals surface area contributed by atoms with Crippen molar-refractivity contribution in [3.63, 3.8) is 0 Å². The number of anilines is 3. The van der Waals surface area contributed by atoms with E-state index in [9.17, 15) is 0 Å². The predicted molar refractivity (Wildman–Crippen MR) is 284 cm³/mol. The van der Waals surface area contributed by atoms with Crippen LogP contribution in [0.5, 0.6) is 0 Å². The molecule has 3 aromatic heterocycles. The lowest BCUT2D eigenvalue weighted by Crippen LogP contribution is -2.30. The van der Waals surface area contributed by atoms with Gasteiger partial charge in [0.1, 0.15) is 0 Å². The lowest BCUT2D eigenvalue weighted by molar-refractivity contribution is 1.02. The maximum atomic E-state index is 2.44. The Morgan fingerprint density at radius 1 is 0.333 bits per heavy atom. The fourth-order valence-corrected chi connectivity index (χ4v) is 11.4. The van der Waals surface area contributed by atoms with Crippen LogP contribution in [0.2, 0.25) is 0 Å². The van der Waals surface area contributed by atoms with E-state index in [1.54, 1.807) is 0 Å². The standard InChI is InChI=1S/C62H44N2S2/c1-4-12-43(13-5-1)44-20-31-54(32-21-44)64-57-19-11-10-18-55(57)56-42-50(28-37-58(56)64)45-22-29-51(30-23-45)63(52-33-24-48(25-34-52)61-40-38-59(65-61)46-14-6-2-7-15-46)53-35-26-49(27-36-53)62-41-39-60(66-62)47-16-8-3-9-17-47/h1-9,12-42H,10-11H2. The normalized spacial score (nSPS) is 12.1. The SMILES string of the molecule is C1=c2c(n(-c3ccc(-c4ccccc4)cc3)c3ccc(-c4ccc(N(c5ccc(-c6ccc(-c7ccccc7)s6)cc5)c5ccc(-c6ccc(-c7ccccc7)s6)cc5)cc4)cc23)=CCC1. The molecule has 0 radical (unpaired) electrons. The molecular formula is C62H44N2S2. The lowest BCUT2D eigenvalue weighted by Gasteiger charge is -2.26. The molecule has 1 aliphatic carbocycles. The van der Waals surface area contributed by atoms with E-state index in [1.165, 1.54) is 91.2 Å². The molecule has 0 saturated carbocycles. The van der Waals surface area contributed by atoms with Crippen molar-refractivity contribution in [1.82, 2.24) is 4.57 Å². The van der Waals surface area contributed by atoms with Gasteiger partial charge in [0.05, 0.1) is 5.52 Å². The van der Waals surface area contributed by atoms with Gasteiger partial charge in [-0.1, -0.05) is 158 Å². The summed E-state index contributed by atoms with van der Waals surface area (Å²) < 4.78 is 2.44. The van der Waals surface area contributed by atoms with Crippen molar-refractivity contribution in [2.75, 3.05) is 4.90 Å². The molecule has 66 heavy (non-hydrogen) atoms. The van der Waals surface area contributed by atoms with Gasteiger partial charge in [-0.15, -0.1) is 22.7 Å². The minimum absolute atomic E-state index is 1.05. The Morgan fingerprint density at radius 2 is 0.712 bits per heavy atom. The van der Waals surface area contributed by atoms with E-state index in [1.807, 2.05) is 22.7 Å². The van der Waals surface area contributed by atoms with Crippen LogP contribution in [0.25, 0.3) is 92.8 Å². The number of nitrogens with zero attached hydrogens (tertiary/aromatic N) is 2. The molecule has 11 aromatic rings. The van der Waals surface area contributed by atoms with E-state index in [4.69, 9.17) is 0 Å². The third kappa shape index (κ3) is 7.60. The fourth-order valence-electron chi connectivity index (χ4n) is 9.39. The van der Waals surface area contributed by atoms with Crippen LogP contribution in [0.1, 0.15) is 12.8 Å². The summed E-state index contributed by atoms with van der Waals surface area (Å²) in [5.74, 6) is 0. The van der Waals surface area contributed by atoms with Gasteiger partial charge in [0.15, 0.2) is 0 Å². The molecule has 0 unspecified atom stereocenters. The van der Waals surface area contributed by atoms with Gasteiger partial charge in [-0.3, -0.25) is 0 Å². The fraction of sp³-hybridized carbons (Fsp3) is 0.0323. The molecule has 0 N–H and O–H groups in total. The first kappa shape index (κ1) is 39.8. The van der Waals surface area contributed by atoms with Crippen LogP contribution in [-0.2, 0) is 0 Å². The summed E-state index contributed by atoms with van der Waals surface area (Å²) in [4.78, 5) is 7.45. The van der Waals surface area contributed by atoms with E-state index >= 15 is 0 Å². The average Bonchev–Trinajstić information content (AvgIpc) is 4.17. The molecule has 0 amide bonds. The quantitative estimate of drug-likeness (QED) is 0.133. The van der Waals surface area contributed by atoms with E-state index in [0.29, 0.717) is 0 Å². The molecule has 12 rings (SSSR count). The Labute approximate surface area is 393 Å². The third-order valence-corrected chi connectivity index (χ3v) is 15.1. The second-order valence-corrected chi connectivity index (χ2v) is 19.0. The van der Waals surface area contributed by atoms with Crippen molar-refractivity contribution in [3.05, 3.63) is 241 Å². The molecule has 8 aromatic carbocycles. The highest BCUT2D eigenvalue weighted by Crippen LogP contribution is 2.41. The number of hydrogen-bond acceptors (Lipinski definition) is 3. The van der Waals surface area contributed by atoms with Crippen LogP contribution in [0, 0.1) is 0 Å². The van der Waals surface area contributed by atoms with Crippen molar-refractivity contribution in [2.45, 2.75) is 12.8 Å². The highest BCUT2D eigenvalue weighted by Gasteiger charge is 2.17. The summed E-state index contributed by atoms with van der Waals surface area (Å²) in [7, 11) is 0. The molecule has 4 heteroatoms. The van der Waals surface area contributed by atoms with Gasteiger partial charge in [0.25, 0.3) is 0 Å². The van der Waals surface area contributed by atoms with Crippen LogP contribution in [-0.4, -0.2) is 4.57 Å². The second kappa shape index (κ2) is 17.3. The highest BCUT2D eigenvalue weighted by molar-refractivity contribution is 7.19. The van der Waals surface area contributed by atoms with Gasteiger partial charge in [-0.05, 0) is 142 Å². The maximum absolute atomic E-state index is 2.44. The number of aromatic nitrogens is 1. The zero-order valence-electron chi connectivity index (χ0n) is 36.2. The van der Waals surface area contributed by atoms with Crippen LogP contribution >= 0.6 is 22.7 Å². The number of fused-ring (bicyclic) bond motifs is 3. The van der Waals surface area contributed by atoms with Crippen molar-refractivity contribution < 1.29 is 0 Å². The minimum atomic E-state index is 1.05. The highest BCUT2D eigenvalue weighted by atomic mass is 32.1. The molecule has 0 atom stereocenters. The molecule has 0 aliphatic heterocycles. The van der Waals surface area contributed by atoms with Gasteiger partial charge in [0, 0.05) is 58.2 Å². The first-order chi connectivity index (χ1) is 32.7. The summed E-state index contributed by atoms with van der Waals surface area (Å²) in [6.45, 7) is 0. The van der Waals surface area contributed by atoms with E-state index in [-0.39, 0.29) is 0 Å². The zero-order chi connectivity index (χ0) is 43.8. The molecule has 1 aliphatic rings. The van der Waals surface area contributed by atoms with E-state index in [0.717, 1.165) is 29.9 Å². The Bertz CT molecular complexity index is 3460. The van der Waals surface area contributed by atoms with E-state index < -0.39 is 0 Å². The van der Waals surface area contributed by atoms with Crippen LogP contribution < -0.4 is 15.5 Å². The molecular weight excluding hydrogens is 837 g/mol. The van der Waals surface area contributed by atoms with Gasteiger partial charge in [0.2, 0.25) is 0 Å². The zero-order valence-corrected chi connectivity index (χ0v) is 37.9. The summed E-state index contributed by atoms with van der Waals surface area (Å²) in [5.41, 5.74) is 15.6. The molecule has 3 heterocycles. The summed E-state index contributed by atoms with van der Waals surface area (Å²) in [6.07, 6.45) is 6.94. The Hall–Kier alpha value is -7.76. The molecule has 0 fully saturated rings. The number of rotatable bonds is 10. The predicted octanol–water partition coefficient (Wildman–Crippen LogP) is 16.6. The summed E-state index contributed by atoms with van der Waals surface area (Å²) in [6, 6.07) is 84.0. The Balaban J connectivity index is 0.882. The first-order valence-corrected chi connectivity index (χ1v) is 24.3. The van der Waals surface area contributed by atoms with E-state index in [2.05, 4.69) is 252 Å². The minimum Gasteiger partial charge on any atom is -0.311 e. The van der Waals surface area contributed by atoms with Crippen LogP contribution in [0.4, 0.5) is 17.1 Å². The number of benzene rings is 8. The molecule has 0 bridgehead atoms. The van der Waals surface area contributed by atoms with Crippen LogP contribution in [0.15, 0.2) is 231 Å². The smallest absolute Gasteiger partial charge is 0.0541 e. The topological polar surface area (TPSA) is 8.17 Å². The Morgan fingerprint density at radius 3 is 1.21 bits per heavy atom. The monoisotopic (exact) mass is 880 g/mol. The largest absolute Gasteiger partial charge is 0.311 e. The van der Waals surface area contributed by atoms with Gasteiger partial charge in [-0.2, -0.15) is 0 Å². The van der Waals surface area contributed by atoms with Crippen molar-refractivity contribution >= 4 is 62.8 Å². The van der Waals surface area contributed by atoms with Gasteiger partial charge in [-0.25, -0.2) is 0 Å². The second-order valence-electron chi connectivity index (χ2n) is 16.8. The molecule has 0 spiro atoms. The van der Waals surface area contributed by atoms with Crippen molar-refractivity contribution in [2.24, 2.45) is 0 Å². The third-order valence-electron chi connectivity index (χ3n) is 12.7. The van der Waals surface area contributed by atoms with Crippen molar-refractivity contribution in [1.29, 1.82) is 0 Å². The van der Waals surface area contributed by atoms with Crippen LogP contribution in [0.3, 0.4) is 0 Å². The molecule has 0 saturated heterocycles.